The van der Waals surface area contributed by atoms with Crippen LogP contribution in [0.1, 0.15) is 11.1 Å². The minimum absolute atomic E-state index is 0.325. The summed E-state index contributed by atoms with van der Waals surface area (Å²) in [7, 11) is 6.27. The number of fused-ring (bicyclic) bond motifs is 1. The van der Waals surface area contributed by atoms with E-state index in [4.69, 9.17) is 15.2 Å². The number of nitrogen functional groups attached to an aromatic ring is 1. The summed E-state index contributed by atoms with van der Waals surface area (Å²) in [5.74, 6) is 0.942. The fraction of sp³-hybridized carbons (Fsp3) is 0.571. The van der Waals surface area contributed by atoms with Gasteiger partial charge >= 0.3 is 0 Å². The van der Waals surface area contributed by atoms with Crippen LogP contribution in [0.4, 0.5) is 5.69 Å². The third kappa shape index (κ3) is 3.83. The van der Waals surface area contributed by atoms with Crippen molar-refractivity contribution >= 4 is 5.69 Å². The first-order valence-corrected chi connectivity index (χ1v) is 6.51. The number of nitrogens with zero attached hydrogens (tertiary/aromatic N) is 2. The molecule has 1 aliphatic heterocycles. The number of ether oxygens (including phenoxy) is 2. The molecule has 0 amide bonds. The third-order valence-electron chi connectivity index (χ3n) is 3.18. The van der Waals surface area contributed by atoms with Gasteiger partial charge in [-0.25, -0.2) is 0 Å². The van der Waals surface area contributed by atoms with Gasteiger partial charge in [0.1, 0.15) is 5.75 Å². The first-order valence-electron chi connectivity index (χ1n) is 6.51. The van der Waals surface area contributed by atoms with E-state index in [0.29, 0.717) is 13.4 Å². The molecule has 0 radical (unpaired) electrons. The number of likely N-dealkylation sites (N-methyl/N-ethyl adjacent to an activating group) is 2. The molecule has 1 aromatic carbocycles. The highest BCUT2D eigenvalue weighted by Gasteiger charge is 2.17. The van der Waals surface area contributed by atoms with Crippen molar-refractivity contribution in [2.45, 2.75) is 13.2 Å². The smallest absolute Gasteiger partial charge is 0.189 e. The molecular weight excluding hydrogens is 242 g/mol. The Morgan fingerprint density at radius 2 is 2.00 bits per heavy atom. The summed E-state index contributed by atoms with van der Waals surface area (Å²) in [6, 6.07) is 3.92. The first kappa shape index (κ1) is 14.1. The van der Waals surface area contributed by atoms with Crippen LogP contribution >= 0.6 is 0 Å². The van der Waals surface area contributed by atoms with Crippen molar-refractivity contribution in [2.24, 2.45) is 0 Å². The molecule has 0 aliphatic carbocycles. The molecule has 19 heavy (non-hydrogen) atoms. The lowest BCUT2D eigenvalue weighted by Gasteiger charge is -2.24. The van der Waals surface area contributed by atoms with Crippen molar-refractivity contribution in [3.63, 3.8) is 0 Å². The zero-order valence-electron chi connectivity index (χ0n) is 12.0. The predicted octanol–water partition coefficient (Wildman–Crippen LogP) is 1.13. The maximum Gasteiger partial charge on any atom is 0.189 e. The number of anilines is 1. The van der Waals surface area contributed by atoms with Gasteiger partial charge in [-0.1, -0.05) is 0 Å². The Kier molecular flexibility index (Phi) is 4.63. The van der Waals surface area contributed by atoms with E-state index in [1.165, 1.54) is 0 Å². The highest BCUT2D eigenvalue weighted by molar-refractivity contribution is 5.53. The van der Waals surface area contributed by atoms with E-state index >= 15 is 0 Å². The molecule has 0 spiro atoms. The van der Waals surface area contributed by atoms with Crippen molar-refractivity contribution in [3.8, 4) is 5.75 Å². The van der Waals surface area contributed by atoms with Crippen LogP contribution in [0.3, 0.4) is 0 Å². The van der Waals surface area contributed by atoms with Gasteiger partial charge in [0.15, 0.2) is 6.79 Å². The van der Waals surface area contributed by atoms with Crippen LogP contribution in [0.15, 0.2) is 12.1 Å². The van der Waals surface area contributed by atoms with E-state index in [1.54, 1.807) is 0 Å². The molecule has 0 atom stereocenters. The van der Waals surface area contributed by atoms with Gasteiger partial charge in [-0.3, -0.25) is 0 Å². The summed E-state index contributed by atoms with van der Waals surface area (Å²) in [4.78, 5) is 4.45. The van der Waals surface area contributed by atoms with Crippen LogP contribution in [0.25, 0.3) is 0 Å². The van der Waals surface area contributed by atoms with Gasteiger partial charge < -0.3 is 25.0 Å². The second-order valence-electron chi connectivity index (χ2n) is 5.32. The number of hydrogen-bond donors (Lipinski definition) is 1. The largest absolute Gasteiger partial charge is 0.467 e. The minimum Gasteiger partial charge on any atom is -0.467 e. The van der Waals surface area contributed by atoms with Crippen LogP contribution in [-0.2, 0) is 17.9 Å². The maximum atomic E-state index is 5.94. The molecule has 0 bridgehead atoms. The van der Waals surface area contributed by atoms with Gasteiger partial charge in [0.05, 0.1) is 6.61 Å². The molecule has 2 rings (SSSR count). The van der Waals surface area contributed by atoms with Crippen LogP contribution < -0.4 is 10.5 Å². The van der Waals surface area contributed by atoms with Gasteiger partial charge in [-0.2, -0.15) is 0 Å². The van der Waals surface area contributed by atoms with Crippen LogP contribution in [-0.4, -0.2) is 50.8 Å². The van der Waals surface area contributed by atoms with Gasteiger partial charge in [0, 0.05) is 36.4 Å². The summed E-state index contributed by atoms with van der Waals surface area (Å²) in [5, 5.41) is 0. The Morgan fingerprint density at radius 1 is 1.21 bits per heavy atom. The summed E-state index contributed by atoms with van der Waals surface area (Å²) in [5.41, 5.74) is 8.89. The fourth-order valence-electron chi connectivity index (χ4n) is 2.18. The first-order chi connectivity index (χ1) is 9.06. The van der Waals surface area contributed by atoms with Crippen LogP contribution in [0.2, 0.25) is 0 Å². The molecule has 0 saturated carbocycles. The minimum atomic E-state index is 0.325. The van der Waals surface area contributed by atoms with Crippen molar-refractivity contribution in [1.82, 2.24) is 9.80 Å². The van der Waals surface area contributed by atoms with E-state index in [9.17, 15) is 0 Å². The van der Waals surface area contributed by atoms with Gasteiger partial charge in [0.2, 0.25) is 0 Å². The van der Waals surface area contributed by atoms with Crippen molar-refractivity contribution in [3.05, 3.63) is 23.3 Å². The zero-order chi connectivity index (χ0) is 13.8. The molecule has 1 aliphatic rings. The molecule has 106 valence electrons. The Bertz CT molecular complexity index is 435. The van der Waals surface area contributed by atoms with Crippen LogP contribution in [0, 0.1) is 0 Å². The number of benzene rings is 1. The van der Waals surface area contributed by atoms with E-state index in [-0.39, 0.29) is 0 Å². The molecule has 1 heterocycles. The van der Waals surface area contributed by atoms with Gasteiger partial charge in [-0.05, 0) is 33.3 Å². The molecule has 5 nitrogen and oxygen atoms in total. The summed E-state index contributed by atoms with van der Waals surface area (Å²) >= 11 is 0. The average Bonchev–Trinajstić information content (AvgIpc) is 2.36. The normalized spacial score (nSPS) is 14.6. The second kappa shape index (κ2) is 6.23. The second-order valence-corrected chi connectivity index (χ2v) is 5.32. The average molecular weight is 265 g/mol. The number of nitrogens with two attached hydrogens (primary N) is 1. The standard InChI is InChI=1S/C14H23N3O2/c1-16(2)4-5-17(3)8-11-6-13(15)7-12-9-18-10-19-14(11)12/h6-7H,4-5,8-10,15H2,1-3H3. The SMILES string of the molecule is CN(C)CCN(C)Cc1cc(N)cc2c1OCOC2. The monoisotopic (exact) mass is 265 g/mol. The Balaban J connectivity index is 2.09. The summed E-state index contributed by atoms with van der Waals surface area (Å²) < 4.78 is 10.9. The fourth-order valence-corrected chi connectivity index (χ4v) is 2.18. The van der Waals surface area contributed by atoms with Crippen molar-refractivity contribution in [2.75, 3.05) is 46.8 Å². The number of rotatable bonds is 5. The molecule has 0 saturated heterocycles. The molecule has 2 N–H and O–H groups in total. The lowest BCUT2D eigenvalue weighted by molar-refractivity contribution is -0.0173. The van der Waals surface area contributed by atoms with E-state index in [0.717, 1.165) is 42.2 Å². The molecule has 0 aromatic heterocycles. The van der Waals surface area contributed by atoms with Crippen LogP contribution in [0.5, 0.6) is 5.75 Å². The number of hydrogen-bond acceptors (Lipinski definition) is 5. The van der Waals surface area contributed by atoms with Crippen molar-refractivity contribution in [1.29, 1.82) is 0 Å². The molecule has 1 aromatic rings. The Labute approximate surface area is 114 Å². The maximum absolute atomic E-state index is 5.94. The Morgan fingerprint density at radius 3 is 2.74 bits per heavy atom. The highest BCUT2D eigenvalue weighted by Crippen LogP contribution is 2.31. The van der Waals surface area contributed by atoms with E-state index in [2.05, 4.69) is 30.9 Å². The lowest BCUT2D eigenvalue weighted by atomic mass is 10.1. The van der Waals surface area contributed by atoms with Gasteiger partial charge in [0.25, 0.3) is 0 Å². The molecular formula is C14H23N3O2. The molecule has 0 fully saturated rings. The Hall–Kier alpha value is -1.30. The van der Waals surface area contributed by atoms with E-state index in [1.807, 2.05) is 12.1 Å². The quantitative estimate of drug-likeness (QED) is 0.809. The third-order valence-corrected chi connectivity index (χ3v) is 3.18. The molecule has 0 unspecified atom stereocenters. The predicted molar refractivity (Wildman–Crippen MR) is 76.0 cm³/mol. The highest BCUT2D eigenvalue weighted by atomic mass is 16.7. The molecule has 5 heteroatoms. The topological polar surface area (TPSA) is 51.0 Å². The summed E-state index contributed by atoms with van der Waals surface area (Å²) in [6.45, 7) is 3.78. The lowest BCUT2D eigenvalue weighted by Crippen LogP contribution is -2.28. The van der Waals surface area contributed by atoms with Gasteiger partial charge in [-0.15, -0.1) is 0 Å². The zero-order valence-corrected chi connectivity index (χ0v) is 12.0. The van der Waals surface area contributed by atoms with E-state index < -0.39 is 0 Å². The van der Waals surface area contributed by atoms with Crippen molar-refractivity contribution < 1.29 is 9.47 Å². The summed E-state index contributed by atoms with van der Waals surface area (Å²) in [6.07, 6.45) is 0.